The Morgan fingerprint density at radius 2 is 2.33 bits per heavy atom. The molecule has 1 heterocycles. The monoisotopic (exact) mass is 221 g/mol. The average Bonchev–Trinajstić information content (AvgIpc) is 2.57. The molecule has 0 radical (unpaired) electrons. The van der Waals surface area contributed by atoms with Crippen molar-refractivity contribution in [3.8, 4) is 0 Å². The Labute approximate surface area is 94.5 Å². The molecule has 0 amide bonds. The summed E-state index contributed by atoms with van der Waals surface area (Å²) in [5, 5.41) is 0. The van der Waals surface area contributed by atoms with Crippen LogP contribution < -0.4 is 5.73 Å². The van der Waals surface area contributed by atoms with Gasteiger partial charge in [0.05, 0.1) is 11.0 Å². The lowest BCUT2D eigenvalue weighted by Crippen LogP contribution is -2.10. The van der Waals surface area contributed by atoms with Crippen molar-refractivity contribution in [3.63, 3.8) is 0 Å². The molecule has 15 heavy (non-hydrogen) atoms. The maximum atomic E-state index is 6.02. The predicted molar refractivity (Wildman–Crippen MR) is 66.2 cm³/mol. The Morgan fingerprint density at radius 1 is 1.53 bits per heavy atom. The number of hydrogen-bond acceptors (Lipinski definition) is 3. The van der Waals surface area contributed by atoms with Crippen molar-refractivity contribution < 1.29 is 0 Å². The predicted octanol–water partition coefficient (Wildman–Crippen LogP) is 2.19. The van der Waals surface area contributed by atoms with E-state index in [0.29, 0.717) is 0 Å². The number of benzene rings is 1. The molecule has 2 rings (SSSR count). The van der Waals surface area contributed by atoms with Gasteiger partial charge in [0, 0.05) is 6.04 Å². The molecule has 3 nitrogen and oxygen atoms in total. The number of nitrogens with two attached hydrogens (primary N) is 1. The van der Waals surface area contributed by atoms with E-state index >= 15 is 0 Å². The smallest absolute Gasteiger partial charge is 0.104 e. The minimum Gasteiger partial charge on any atom is -0.342 e. The molecular weight excluding hydrogens is 206 g/mol. The zero-order valence-corrected chi connectivity index (χ0v) is 9.59. The topological polar surface area (TPSA) is 54.7 Å². The van der Waals surface area contributed by atoms with Crippen molar-refractivity contribution in [2.45, 2.75) is 19.4 Å². The average molecular weight is 221 g/mol. The molecule has 0 aliphatic rings. The summed E-state index contributed by atoms with van der Waals surface area (Å²) < 4.78 is 0. The van der Waals surface area contributed by atoms with Gasteiger partial charge in [-0.25, -0.2) is 4.98 Å². The van der Waals surface area contributed by atoms with Gasteiger partial charge in [-0.2, -0.15) is 12.6 Å². The highest BCUT2D eigenvalue weighted by atomic mass is 32.1. The SMILES string of the molecule is Cc1nc2ccc(C(N)CCS)cc2[nH]1. The van der Waals surface area contributed by atoms with Crippen LogP contribution in [0.2, 0.25) is 0 Å². The van der Waals surface area contributed by atoms with E-state index in [1.54, 1.807) is 0 Å². The summed E-state index contributed by atoms with van der Waals surface area (Å²) in [6.07, 6.45) is 0.891. The number of thiol groups is 1. The molecule has 1 aromatic carbocycles. The van der Waals surface area contributed by atoms with Gasteiger partial charge in [0.1, 0.15) is 5.82 Å². The molecule has 0 bridgehead atoms. The van der Waals surface area contributed by atoms with Crippen LogP contribution in [0.3, 0.4) is 0 Å². The third-order valence-electron chi connectivity index (χ3n) is 2.49. The second kappa shape index (κ2) is 4.24. The molecular formula is C11H15N3S. The number of nitrogens with zero attached hydrogens (tertiary/aromatic N) is 1. The fourth-order valence-electron chi connectivity index (χ4n) is 1.69. The number of imidazole rings is 1. The minimum absolute atomic E-state index is 0.0653. The summed E-state index contributed by atoms with van der Waals surface area (Å²) in [7, 11) is 0. The molecule has 0 aliphatic heterocycles. The Balaban J connectivity index is 2.37. The fourth-order valence-corrected chi connectivity index (χ4v) is 1.97. The van der Waals surface area contributed by atoms with Crippen molar-refractivity contribution in [3.05, 3.63) is 29.6 Å². The van der Waals surface area contributed by atoms with Gasteiger partial charge >= 0.3 is 0 Å². The van der Waals surface area contributed by atoms with Crippen molar-refractivity contribution in [1.82, 2.24) is 9.97 Å². The lowest BCUT2D eigenvalue weighted by atomic mass is 10.1. The Hall–Kier alpha value is -1.00. The molecule has 1 aromatic heterocycles. The number of hydrogen-bond donors (Lipinski definition) is 3. The lowest BCUT2D eigenvalue weighted by molar-refractivity contribution is 0.707. The van der Waals surface area contributed by atoms with E-state index in [1.807, 2.05) is 19.1 Å². The van der Waals surface area contributed by atoms with Gasteiger partial charge in [-0.15, -0.1) is 0 Å². The molecule has 0 fully saturated rings. The number of rotatable bonds is 3. The highest BCUT2D eigenvalue weighted by Gasteiger charge is 2.07. The summed E-state index contributed by atoms with van der Waals surface area (Å²) in [6.45, 7) is 1.95. The number of H-pyrrole nitrogens is 1. The maximum absolute atomic E-state index is 6.02. The van der Waals surface area contributed by atoms with Crippen LogP contribution in [0.5, 0.6) is 0 Å². The van der Waals surface area contributed by atoms with E-state index in [9.17, 15) is 0 Å². The van der Waals surface area contributed by atoms with Gasteiger partial charge in [0.15, 0.2) is 0 Å². The van der Waals surface area contributed by atoms with E-state index in [2.05, 4.69) is 28.7 Å². The molecule has 80 valence electrons. The standard InChI is InChI=1S/C11H15N3S/c1-7-13-10-3-2-8(6-11(10)14-7)9(12)4-5-15/h2-3,6,9,15H,4-5,12H2,1H3,(H,13,14). The first kappa shape index (κ1) is 10.5. The zero-order chi connectivity index (χ0) is 10.8. The first-order valence-corrected chi connectivity index (χ1v) is 5.66. The van der Waals surface area contributed by atoms with Crippen LogP contribution in [-0.2, 0) is 0 Å². The molecule has 3 N–H and O–H groups in total. The second-order valence-electron chi connectivity index (χ2n) is 3.72. The van der Waals surface area contributed by atoms with Crippen LogP contribution in [0, 0.1) is 6.92 Å². The van der Waals surface area contributed by atoms with Gasteiger partial charge in [0.25, 0.3) is 0 Å². The largest absolute Gasteiger partial charge is 0.342 e. The minimum atomic E-state index is 0.0653. The molecule has 4 heteroatoms. The molecule has 2 aromatic rings. The van der Waals surface area contributed by atoms with Gasteiger partial charge in [0.2, 0.25) is 0 Å². The normalized spacial score (nSPS) is 13.3. The maximum Gasteiger partial charge on any atom is 0.104 e. The van der Waals surface area contributed by atoms with Crippen LogP contribution in [0.4, 0.5) is 0 Å². The van der Waals surface area contributed by atoms with E-state index in [4.69, 9.17) is 5.73 Å². The number of nitrogens with one attached hydrogen (secondary N) is 1. The number of fused-ring (bicyclic) bond motifs is 1. The van der Waals surface area contributed by atoms with Crippen molar-refractivity contribution in [2.24, 2.45) is 5.73 Å². The number of aromatic amines is 1. The van der Waals surface area contributed by atoms with Gasteiger partial charge in [-0.05, 0) is 36.8 Å². The number of aromatic nitrogens is 2. The molecule has 0 spiro atoms. The third-order valence-corrected chi connectivity index (χ3v) is 2.75. The zero-order valence-electron chi connectivity index (χ0n) is 8.70. The molecule has 0 saturated heterocycles. The van der Waals surface area contributed by atoms with Crippen LogP contribution in [0.25, 0.3) is 11.0 Å². The highest BCUT2D eigenvalue weighted by molar-refractivity contribution is 7.80. The Kier molecular flexibility index (Phi) is 2.98. The fraction of sp³-hybridized carbons (Fsp3) is 0.364. The highest BCUT2D eigenvalue weighted by Crippen LogP contribution is 2.19. The Morgan fingerprint density at radius 3 is 3.07 bits per heavy atom. The van der Waals surface area contributed by atoms with Crippen molar-refractivity contribution in [2.75, 3.05) is 5.75 Å². The lowest BCUT2D eigenvalue weighted by Gasteiger charge is -2.09. The first-order chi connectivity index (χ1) is 7.20. The van der Waals surface area contributed by atoms with E-state index in [1.165, 1.54) is 0 Å². The molecule has 0 aliphatic carbocycles. The van der Waals surface area contributed by atoms with Crippen LogP contribution >= 0.6 is 12.6 Å². The van der Waals surface area contributed by atoms with Crippen LogP contribution in [0.1, 0.15) is 23.9 Å². The Bertz CT molecular complexity index is 464. The molecule has 1 unspecified atom stereocenters. The van der Waals surface area contributed by atoms with E-state index in [0.717, 1.165) is 34.6 Å². The second-order valence-corrected chi connectivity index (χ2v) is 4.16. The van der Waals surface area contributed by atoms with Crippen molar-refractivity contribution in [1.29, 1.82) is 0 Å². The summed E-state index contributed by atoms with van der Waals surface area (Å²) in [5.41, 5.74) is 9.21. The van der Waals surface area contributed by atoms with Gasteiger partial charge in [-0.3, -0.25) is 0 Å². The number of aryl methyl sites for hydroxylation is 1. The summed E-state index contributed by atoms with van der Waals surface area (Å²) in [5.74, 6) is 1.74. The van der Waals surface area contributed by atoms with Crippen LogP contribution in [-0.4, -0.2) is 15.7 Å². The van der Waals surface area contributed by atoms with Crippen LogP contribution in [0.15, 0.2) is 18.2 Å². The summed E-state index contributed by atoms with van der Waals surface area (Å²) >= 11 is 4.19. The van der Waals surface area contributed by atoms with Crippen molar-refractivity contribution >= 4 is 23.7 Å². The van der Waals surface area contributed by atoms with E-state index in [-0.39, 0.29) is 6.04 Å². The third kappa shape index (κ3) is 2.16. The summed E-state index contributed by atoms with van der Waals surface area (Å²) in [6, 6.07) is 6.18. The van der Waals surface area contributed by atoms with E-state index < -0.39 is 0 Å². The summed E-state index contributed by atoms with van der Waals surface area (Å²) in [4.78, 5) is 7.56. The first-order valence-electron chi connectivity index (χ1n) is 5.03. The van der Waals surface area contributed by atoms with Gasteiger partial charge in [-0.1, -0.05) is 6.07 Å². The molecule has 1 atom stereocenters. The van der Waals surface area contributed by atoms with Gasteiger partial charge < -0.3 is 10.7 Å². The molecule has 0 saturated carbocycles. The quantitative estimate of drug-likeness (QED) is 0.696.